The number of fused-ring (bicyclic) bond motifs is 4. The lowest BCUT2D eigenvalue weighted by atomic mass is 9.45. The van der Waals surface area contributed by atoms with E-state index in [0.29, 0.717) is 40.6 Å². The Morgan fingerprint density at radius 1 is 1.16 bits per heavy atom. The Labute approximate surface area is 189 Å². The summed E-state index contributed by atoms with van der Waals surface area (Å²) in [6.07, 6.45) is 13.5. The van der Waals surface area contributed by atoms with Gasteiger partial charge in [0.05, 0.1) is 6.10 Å². The number of carbonyl (C=O) groups excluding carboxylic acids is 1. The standard InChI is InChI=1S/C28H44O3/c1-7-23(31-25(29)8-2)17(3)20-9-10-21-19-15-24(30-6)28-16-18(28)11-14-27(28,5)22(19)12-13-26(20,21)4/h7,17-24H,1,8-16H2,2-6H3/t17-,18+,19-,20+,21-,22-,23-,24+,26+,27+,28-/m0/s1. The molecule has 0 unspecified atom stereocenters. The monoisotopic (exact) mass is 428 g/mol. The lowest BCUT2D eigenvalue weighted by molar-refractivity contribution is -0.165. The number of rotatable bonds is 6. The predicted molar refractivity (Wildman–Crippen MR) is 123 cm³/mol. The lowest BCUT2D eigenvalue weighted by Crippen LogP contribution is -2.57. The Balaban J connectivity index is 1.40. The highest BCUT2D eigenvalue weighted by atomic mass is 16.5. The molecule has 3 nitrogen and oxygen atoms in total. The van der Waals surface area contributed by atoms with Crippen LogP contribution in [0.1, 0.15) is 85.5 Å². The van der Waals surface area contributed by atoms with E-state index < -0.39 is 0 Å². The van der Waals surface area contributed by atoms with Crippen LogP contribution in [0.2, 0.25) is 0 Å². The Bertz CT molecular complexity index is 747. The van der Waals surface area contributed by atoms with Crippen molar-refractivity contribution in [2.75, 3.05) is 7.11 Å². The molecular weight excluding hydrogens is 384 g/mol. The number of hydrogen-bond acceptors (Lipinski definition) is 3. The van der Waals surface area contributed by atoms with Crippen molar-refractivity contribution < 1.29 is 14.3 Å². The van der Waals surface area contributed by atoms with Gasteiger partial charge in [0.25, 0.3) is 0 Å². The minimum absolute atomic E-state index is 0.103. The van der Waals surface area contributed by atoms with Crippen molar-refractivity contribution in [2.24, 2.45) is 51.8 Å². The quantitative estimate of drug-likeness (QED) is 0.362. The fraction of sp³-hybridized carbons (Fsp3) is 0.893. The second-order valence-corrected chi connectivity index (χ2v) is 12.4. The molecule has 0 aliphatic heterocycles. The highest BCUT2D eigenvalue weighted by molar-refractivity contribution is 5.69. The molecule has 0 heterocycles. The van der Waals surface area contributed by atoms with Crippen LogP contribution in [0.4, 0.5) is 0 Å². The highest BCUT2D eigenvalue weighted by Gasteiger charge is 2.77. The first kappa shape index (κ1) is 22.0. The topological polar surface area (TPSA) is 35.5 Å². The number of esters is 1. The van der Waals surface area contributed by atoms with Crippen molar-refractivity contribution >= 4 is 5.97 Å². The van der Waals surface area contributed by atoms with Crippen molar-refractivity contribution in [1.29, 1.82) is 0 Å². The largest absolute Gasteiger partial charge is 0.458 e. The molecule has 174 valence electrons. The first-order valence-electron chi connectivity index (χ1n) is 13.1. The summed E-state index contributed by atoms with van der Waals surface area (Å²) in [6.45, 7) is 13.4. The fourth-order valence-corrected chi connectivity index (χ4v) is 10.3. The number of carbonyl (C=O) groups is 1. The highest BCUT2D eigenvalue weighted by Crippen LogP contribution is 2.82. The van der Waals surface area contributed by atoms with Gasteiger partial charge >= 0.3 is 5.97 Å². The first-order chi connectivity index (χ1) is 14.8. The van der Waals surface area contributed by atoms with E-state index in [9.17, 15) is 4.79 Å². The molecule has 0 bridgehead atoms. The third-order valence-corrected chi connectivity index (χ3v) is 11.8. The minimum atomic E-state index is -0.160. The van der Waals surface area contributed by atoms with Gasteiger partial charge in [0.15, 0.2) is 0 Å². The zero-order valence-electron chi connectivity index (χ0n) is 20.5. The van der Waals surface area contributed by atoms with Gasteiger partial charge < -0.3 is 9.47 Å². The average molecular weight is 429 g/mol. The molecular formula is C28H44O3. The molecule has 5 fully saturated rings. The molecule has 3 heteroatoms. The zero-order chi connectivity index (χ0) is 22.2. The Morgan fingerprint density at radius 2 is 1.94 bits per heavy atom. The molecule has 0 radical (unpaired) electrons. The second kappa shape index (κ2) is 7.34. The number of hydrogen-bond donors (Lipinski definition) is 0. The van der Waals surface area contributed by atoms with Crippen LogP contribution >= 0.6 is 0 Å². The van der Waals surface area contributed by atoms with Gasteiger partial charge in [-0.1, -0.05) is 40.3 Å². The molecule has 0 aromatic rings. The summed E-state index contributed by atoms with van der Waals surface area (Å²) in [7, 11) is 1.98. The smallest absolute Gasteiger partial charge is 0.306 e. The Morgan fingerprint density at radius 3 is 2.58 bits per heavy atom. The van der Waals surface area contributed by atoms with Gasteiger partial charge in [-0.05, 0) is 91.8 Å². The predicted octanol–water partition coefficient (Wildman–Crippen LogP) is 6.41. The van der Waals surface area contributed by atoms with Crippen molar-refractivity contribution in [3.8, 4) is 0 Å². The third kappa shape index (κ3) is 2.77. The van der Waals surface area contributed by atoms with Crippen LogP contribution in [0.15, 0.2) is 12.7 Å². The van der Waals surface area contributed by atoms with Crippen molar-refractivity contribution in [2.45, 2.75) is 97.7 Å². The van der Waals surface area contributed by atoms with E-state index in [0.717, 1.165) is 23.7 Å². The molecule has 11 atom stereocenters. The van der Waals surface area contributed by atoms with Crippen molar-refractivity contribution in [3.05, 3.63) is 12.7 Å². The molecule has 5 aliphatic rings. The molecule has 31 heavy (non-hydrogen) atoms. The summed E-state index contributed by atoms with van der Waals surface area (Å²) in [5, 5.41) is 0. The third-order valence-electron chi connectivity index (χ3n) is 11.8. The van der Waals surface area contributed by atoms with Gasteiger partial charge in [0.1, 0.15) is 6.10 Å². The molecule has 0 aromatic carbocycles. The maximum atomic E-state index is 12.0. The van der Waals surface area contributed by atoms with Gasteiger partial charge in [-0.3, -0.25) is 4.79 Å². The summed E-state index contributed by atoms with van der Waals surface area (Å²) < 4.78 is 12.1. The summed E-state index contributed by atoms with van der Waals surface area (Å²) >= 11 is 0. The summed E-state index contributed by atoms with van der Waals surface area (Å²) in [5.74, 6) is 4.25. The van der Waals surface area contributed by atoms with E-state index in [1.165, 1.54) is 51.4 Å². The zero-order valence-corrected chi connectivity index (χ0v) is 20.5. The van der Waals surface area contributed by atoms with Crippen LogP contribution in [0.5, 0.6) is 0 Å². The molecule has 5 aliphatic carbocycles. The van der Waals surface area contributed by atoms with Gasteiger partial charge in [-0.25, -0.2) is 0 Å². The van der Waals surface area contributed by atoms with Crippen molar-refractivity contribution in [3.63, 3.8) is 0 Å². The van der Waals surface area contributed by atoms with Gasteiger partial charge in [0, 0.05) is 24.9 Å². The molecule has 0 saturated heterocycles. The van der Waals surface area contributed by atoms with Crippen LogP contribution in [0, 0.1) is 51.8 Å². The van der Waals surface area contributed by atoms with E-state index in [2.05, 4.69) is 27.4 Å². The molecule has 1 spiro atoms. The summed E-state index contributed by atoms with van der Waals surface area (Å²) in [4.78, 5) is 12.0. The lowest BCUT2D eigenvalue weighted by Gasteiger charge is -2.61. The molecule has 0 amide bonds. The maximum absolute atomic E-state index is 12.0. The molecule has 0 N–H and O–H groups in total. The van der Waals surface area contributed by atoms with E-state index in [-0.39, 0.29) is 12.1 Å². The number of ether oxygens (including phenoxy) is 2. The Hall–Kier alpha value is -0.830. The summed E-state index contributed by atoms with van der Waals surface area (Å²) in [5.41, 5.74) is 1.35. The van der Waals surface area contributed by atoms with E-state index in [4.69, 9.17) is 9.47 Å². The number of methoxy groups -OCH3 is 1. The summed E-state index contributed by atoms with van der Waals surface area (Å²) in [6, 6.07) is 0. The van der Waals surface area contributed by atoms with Gasteiger partial charge in [-0.2, -0.15) is 0 Å². The molecule has 0 aromatic heterocycles. The van der Waals surface area contributed by atoms with Crippen LogP contribution in [0.25, 0.3) is 0 Å². The first-order valence-corrected chi connectivity index (χ1v) is 13.1. The fourth-order valence-electron chi connectivity index (χ4n) is 10.3. The van der Waals surface area contributed by atoms with Crippen LogP contribution in [0.3, 0.4) is 0 Å². The SMILES string of the molecule is C=C[C@H](OC(=O)CC)[C@@H](C)[C@H]1CC[C@H]2[C@@H]3C[C@@H](OC)[C@]45C[C@H]4CC[C@]5(C)[C@H]3CC[C@]12C. The van der Waals surface area contributed by atoms with E-state index in [1.54, 1.807) is 0 Å². The maximum Gasteiger partial charge on any atom is 0.306 e. The van der Waals surface area contributed by atoms with Gasteiger partial charge in [-0.15, -0.1) is 0 Å². The van der Waals surface area contributed by atoms with Crippen LogP contribution in [-0.4, -0.2) is 25.3 Å². The van der Waals surface area contributed by atoms with Crippen LogP contribution < -0.4 is 0 Å². The molecule has 5 rings (SSSR count). The normalized spacial score (nSPS) is 51.6. The average Bonchev–Trinajstić information content (AvgIpc) is 3.27. The van der Waals surface area contributed by atoms with Crippen LogP contribution in [-0.2, 0) is 14.3 Å². The molecule has 5 saturated carbocycles. The Kier molecular flexibility index (Phi) is 5.20. The van der Waals surface area contributed by atoms with Gasteiger partial charge in [0.2, 0.25) is 0 Å². The van der Waals surface area contributed by atoms with Crippen molar-refractivity contribution in [1.82, 2.24) is 0 Å². The minimum Gasteiger partial charge on any atom is -0.458 e. The van der Waals surface area contributed by atoms with E-state index >= 15 is 0 Å². The second-order valence-electron chi connectivity index (χ2n) is 12.4. The van der Waals surface area contributed by atoms with E-state index in [1.807, 2.05) is 20.1 Å².